The Morgan fingerprint density at radius 1 is 1.80 bits per heavy atom. The second kappa shape index (κ2) is 1.13. The fourth-order valence-corrected chi connectivity index (χ4v) is 0.335. The molecule has 0 aliphatic rings. The van der Waals surface area contributed by atoms with Gasteiger partial charge in [0.1, 0.15) is 0 Å². The molecule has 1 radical (unpaired) electrons. The standard InChI is InChI=1S/CHN3P/c1-2-3-4-5-1/h(H,2,3,4). The number of hydrogen-bond donors (Lipinski definition) is 1. The van der Waals surface area contributed by atoms with Crippen LogP contribution in [0.15, 0.2) is 0 Å². The van der Waals surface area contributed by atoms with E-state index in [1.54, 1.807) is 0 Å². The molecule has 1 rings (SSSR count). The van der Waals surface area contributed by atoms with Crippen molar-refractivity contribution in [3.63, 3.8) is 0 Å². The summed E-state index contributed by atoms with van der Waals surface area (Å²) in [4.78, 5) is 2.54. The van der Waals surface area contributed by atoms with E-state index in [2.05, 4.69) is 21.1 Å². The van der Waals surface area contributed by atoms with Gasteiger partial charge in [0, 0.05) is 0 Å². The van der Waals surface area contributed by atoms with Gasteiger partial charge in [-0.1, -0.05) is 5.21 Å². The van der Waals surface area contributed by atoms with Gasteiger partial charge in [-0.15, -0.1) is 5.10 Å². The van der Waals surface area contributed by atoms with Gasteiger partial charge in [0.05, 0.1) is 8.35 Å². The molecule has 0 aliphatic carbocycles. The minimum absolute atomic E-state index is 0.858. The molecular weight excluding hydrogens is 85.0 g/mol. The molecule has 0 spiro atoms. The fourth-order valence-electron chi connectivity index (χ4n) is 0.112. The lowest BCUT2D eigenvalue weighted by Crippen LogP contribution is -1.61. The maximum Gasteiger partial charge on any atom is 0.166 e. The van der Waals surface area contributed by atoms with Gasteiger partial charge in [-0.3, -0.25) is 0 Å². The Labute approximate surface area is 30.6 Å². The van der Waals surface area contributed by atoms with E-state index in [1.165, 1.54) is 0 Å². The van der Waals surface area contributed by atoms with Gasteiger partial charge < -0.3 is 0 Å². The molecule has 4 heteroatoms. The van der Waals surface area contributed by atoms with Gasteiger partial charge in [0.2, 0.25) is 0 Å². The first-order valence-corrected chi connectivity index (χ1v) is 1.99. The van der Waals surface area contributed by atoms with Crippen molar-refractivity contribution in [2.45, 2.75) is 0 Å². The van der Waals surface area contributed by atoms with Crippen molar-refractivity contribution in [2.75, 3.05) is 0 Å². The molecule has 1 aromatic heterocycles. The summed E-state index contributed by atoms with van der Waals surface area (Å²) in [5.74, 6) is 2.54. The molecular formula is CHN3P. The number of rotatable bonds is 0. The second-order valence-corrected chi connectivity index (χ2v) is 1.14. The first kappa shape index (κ1) is 2.79. The van der Waals surface area contributed by atoms with Crippen LogP contribution in [-0.4, -0.2) is 15.2 Å². The minimum atomic E-state index is 0.858. The quantitative estimate of drug-likeness (QED) is 0.489. The van der Waals surface area contributed by atoms with Gasteiger partial charge in [-0.2, -0.15) is 0 Å². The number of aromatic nitrogens is 3. The summed E-state index contributed by atoms with van der Waals surface area (Å²) in [6, 6.07) is 0. The Kier molecular flexibility index (Phi) is 0.630. The van der Waals surface area contributed by atoms with Crippen molar-refractivity contribution < 1.29 is 0 Å². The zero-order chi connectivity index (χ0) is 3.54. The minimum Gasteiger partial charge on any atom is -0.239 e. The zero-order valence-electron chi connectivity index (χ0n) is 2.34. The Balaban J connectivity index is 3.13. The third-order valence-electron chi connectivity index (χ3n) is 0.239. The molecule has 1 N–H and O–H groups in total. The first-order chi connectivity index (χ1) is 2.50. The summed E-state index contributed by atoms with van der Waals surface area (Å²) in [6.07, 6.45) is 0. The van der Waals surface area contributed by atoms with Gasteiger partial charge in [-0.25, -0.2) is 4.86 Å². The Morgan fingerprint density at radius 3 is 3.00 bits per heavy atom. The van der Waals surface area contributed by atoms with Gasteiger partial charge in [-0.05, 0) is 0 Å². The van der Waals surface area contributed by atoms with Crippen LogP contribution in [0.1, 0.15) is 0 Å². The molecule has 0 saturated heterocycles. The van der Waals surface area contributed by atoms with Crippen molar-refractivity contribution in [1.29, 1.82) is 0 Å². The highest BCUT2D eigenvalue weighted by atomic mass is 31.0. The third kappa shape index (κ3) is 0.421. The Morgan fingerprint density at radius 2 is 2.80 bits per heavy atom. The van der Waals surface area contributed by atoms with E-state index >= 15 is 0 Å². The molecule has 0 unspecified atom stereocenters. The summed E-state index contributed by atoms with van der Waals surface area (Å²) >= 11 is 0. The van der Waals surface area contributed by atoms with E-state index in [0.29, 0.717) is 0 Å². The maximum absolute atomic E-state index is 3.33. The molecule has 5 heavy (non-hydrogen) atoms. The highest BCUT2D eigenvalue weighted by Crippen LogP contribution is 1.81. The molecule has 0 atom stereocenters. The van der Waals surface area contributed by atoms with Crippen LogP contribution >= 0.6 is 8.35 Å². The molecule has 0 amide bonds. The molecule has 3 nitrogen and oxygen atoms in total. The van der Waals surface area contributed by atoms with Crippen LogP contribution < -0.4 is 0 Å². The van der Waals surface area contributed by atoms with Gasteiger partial charge in [0.25, 0.3) is 0 Å². The SMILES string of the molecule is [c]1nn[nH]p1. The normalized spacial score (nSPS) is 9.60. The summed E-state index contributed by atoms with van der Waals surface area (Å²) in [5, 5.41) is 6.67. The van der Waals surface area contributed by atoms with Crippen LogP contribution in [0.5, 0.6) is 0 Å². The smallest absolute Gasteiger partial charge is 0.166 e. The maximum atomic E-state index is 3.33. The van der Waals surface area contributed by atoms with E-state index in [0.717, 1.165) is 8.35 Å². The van der Waals surface area contributed by atoms with E-state index < -0.39 is 0 Å². The van der Waals surface area contributed by atoms with E-state index in [-0.39, 0.29) is 0 Å². The number of nitrogens with one attached hydrogen (secondary N) is 1. The predicted molar refractivity (Wildman–Crippen MR) is 17.7 cm³/mol. The molecule has 25 valence electrons. The molecule has 0 fully saturated rings. The van der Waals surface area contributed by atoms with Gasteiger partial charge in [0.15, 0.2) is 5.93 Å². The van der Waals surface area contributed by atoms with Crippen LogP contribution in [0.4, 0.5) is 0 Å². The fraction of sp³-hybridized carbons (Fsp3) is 0. The lowest BCUT2D eigenvalue weighted by molar-refractivity contribution is 0.955. The summed E-state index contributed by atoms with van der Waals surface area (Å²) in [5.41, 5.74) is 0. The predicted octanol–water partition coefficient (Wildman–Crippen LogP) is 0.185. The van der Waals surface area contributed by atoms with Crippen molar-refractivity contribution in [3.8, 4) is 0 Å². The molecule has 0 bridgehead atoms. The summed E-state index contributed by atoms with van der Waals surface area (Å²) in [7, 11) is 0.858. The molecule has 0 aliphatic heterocycles. The van der Waals surface area contributed by atoms with E-state index in [9.17, 15) is 0 Å². The summed E-state index contributed by atoms with van der Waals surface area (Å²) in [6.45, 7) is 0. The van der Waals surface area contributed by atoms with Gasteiger partial charge >= 0.3 is 0 Å². The lowest BCUT2D eigenvalue weighted by Gasteiger charge is -1.44. The van der Waals surface area contributed by atoms with Crippen molar-refractivity contribution in [2.24, 2.45) is 0 Å². The third-order valence-corrected chi connectivity index (χ3v) is 0.618. The highest BCUT2D eigenvalue weighted by molar-refractivity contribution is 7.23. The molecule has 0 saturated carbocycles. The van der Waals surface area contributed by atoms with Crippen LogP contribution in [-0.2, 0) is 0 Å². The monoisotopic (exact) mass is 86.0 g/mol. The van der Waals surface area contributed by atoms with E-state index in [4.69, 9.17) is 0 Å². The zero-order valence-corrected chi connectivity index (χ0v) is 3.24. The Hall–Kier alpha value is -0.430. The van der Waals surface area contributed by atoms with Crippen molar-refractivity contribution in [1.82, 2.24) is 15.2 Å². The highest BCUT2D eigenvalue weighted by Gasteiger charge is 1.61. The molecule has 1 heterocycles. The van der Waals surface area contributed by atoms with Crippen molar-refractivity contribution >= 4 is 8.35 Å². The molecule has 1 aromatic rings. The molecule has 0 aromatic carbocycles. The number of nitrogens with zero attached hydrogens (tertiary/aromatic N) is 2. The summed E-state index contributed by atoms with van der Waals surface area (Å²) < 4.78 is 0. The number of H-pyrrole nitrogens is 1. The lowest BCUT2D eigenvalue weighted by atomic mass is 11.7. The second-order valence-electron chi connectivity index (χ2n) is 0.512. The largest absolute Gasteiger partial charge is 0.239 e. The van der Waals surface area contributed by atoms with Crippen LogP contribution in [0.2, 0.25) is 0 Å². The van der Waals surface area contributed by atoms with Crippen LogP contribution in [0.25, 0.3) is 0 Å². The van der Waals surface area contributed by atoms with Crippen LogP contribution in [0.3, 0.4) is 0 Å². The topological polar surface area (TPSA) is 41.6 Å². The average Bonchev–Trinajstić information content (AvgIpc) is 1.76. The first-order valence-electron chi connectivity index (χ1n) is 1.09. The number of hydrogen-bond acceptors (Lipinski definition) is 2. The van der Waals surface area contributed by atoms with E-state index in [1.807, 2.05) is 0 Å². The van der Waals surface area contributed by atoms with Crippen LogP contribution in [0, 0.1) is 5.93 Å². The number of aromatic amines is 1. The average molecular weight is 86.0 g/mol. The van der Waals surface area contributed by atoms with Crippen molar-refractivity contribution in [3.05, 3.63) is 5.93 Å². The Bertz CT molecular complexity index is 63.4.